The summed E-state index contributed by atoms with van der Waals surface area (Å²) in [6, 6.07) is 8.54. The second-order valence-corrected chi connectivity index (χ2v) is 9.18. The van der Waals surface area contributed by atoms with Crippen LogP contribution in [0.15, 0.2) is 47.5 Å². The molecule has 166 valence electrons. The molecule has 2 unspecified atom stereocenters. The fraction of sp³-hybridized carbons (Fsp3) is 0.381. The molecule has 0 spiro atoms. The third-order valence-corrected chi connectivity index (χ3v) is 7.12. The van der Waals surface area contributed by atoms with E-state index in [9.17, 15) is 21.6 Å². The van der Waals surface area contributed by atoms with Crippen molar-refractivity contribution >= 4 is 21.5 Å². The predicted molar refractivity (Wildman–Crippen MR) is 113 cm³/mol. The zero-order valence-corrected chi connectivity index (χ0v) is 17.9. The van der Waals surface area contributed by atoms with Gasteiger partial charge in [0, 0.05) is 31.5 Å². The Bertz CT molecular complexity index is 1070. The number of aromatic nitrogens is 1. The van der Waals surface area contributed by atoms with E-state index in [4.69, 9.17) is 5.73 Å². The maximum absolute atomic E-state index is 13.0. The summed E-state index contributed by atoms with van der Waals surface area (Å²) in [5.74, 6) is 4.48. The largest absolute Gasteiger partial charge is 0.395 e. The highest BCUT2D eigenvalue weighted by Gasteiger charge is 2.37. The molecule has 2 heterocycles. The maximum Gasteiger partial charge on any atom is 0.395 e. The second-order valence-electron chi connectivity index (χ2n) is 7.24. The van der Waals surface area contributed by atoms with Crippen LogP contribution in [0.5, 0.6) is 0 Å². The van der Waals surface area contributed by atoms with E-state index in [1.165, 1.54) is 34.8 Å². The molecule has 2 aromatic rings. The van der Waals surface area contributed by atoms with Gasteiger partial charge in [-0.3, -0.25) is 0 Å². The van der Waals surface area contributed by atoms with Gasteiger partial charge in [-0.05, 0) is 43.7 Å². The summed E-state index contributed by atoms with van der Waals surface area (Å²) in [7, 11) is -3.77. The summed E-state index contributed by atoms with van der Waals surface area (Å²) < 4.78 is 66.2. The fourth-order valence-electron chi connectivity index (χ4n) is 3.41. The first-order chi connectivity index (χ1) is 14.5. The number of halogens is 3. The zero-order chi connectivity index (χ0) is 22.8. The van der Waals surface area contributed by atoms with Crippen molar-refractivity contribution in [3.63, 3.8) is 0 Å². The minimum Gasteiger partial charge on any atom is -0.384 e. The molecule has 1 aromatic heterocycles. The first-order valence-electron chi connectivity index (χ1n) is 9.61. The molecule has 10 heteroatoms. The molecule has 0 aliphatic carbocycles. The number of piperazine rings is 1. The number of nitrogens with zero attached hydrogens (tertiary/aromatic N) is 3. The Morgan fingerprint density at radius 1 is 1.16 bits per heavy atom. The molecule has 0 amide bonds. The Balaban J connectivity index is 1.82. The van der Waals surface area contributed by atoms with Gasteiger partial charge in [0.15, 0.2) is 0 Å². The van der Waals surface area contributed by atoms with E-state index in [0.29, 0.717) is 12.2 Å². The Kier molecular flexibility index (Phi) is 6.48. The Hall–Kier alpha value is -2.77. The molecule has 1 fully saturated rings. The van der Waals surface area contributed by atoms with Crippen LogP contribution in [0.2, 0.25) is 0 Å². The van der Waals surface area contributed by atoms with E-state index in [1.807, 2.05) is 4.90 Å². The summed E-state index contributed by atoms with van der Waals surface area (Å²) in [5.41, 5.74) is 6.40. The molecule has 2 atom stereocenters. The van der Waals surface area contributed by atoms with Crippen LogP contribution in [0.3, 0.4) is 0 Å². The average Bonchev–Trinajstić information content (AvgIpc) is 2.73. The fourth-order valence-corrected chi connectivity index (χ4v) is 4.80. The van der Waals surface area contributed by atoms with Crippen LogP contribution < -0.4 is 10.6 Å². The van der Waals surface area contributed by atoms with Crippen LogP contribution in [-0.4, -0.2) is 49.6 Å². The predicted octanol–water partition coefficient (Wildman–Crippen LogP) is 3.23. The minimum absolute atomic E-state index is 0.0452. The molecule has 31 heavy (non-hydrogen) atoms. The summed E-state index contributed by atoms with van der Waals surface area (Å²) >= 11 is 0. The van der Waals surface area contributed by atoms with E-state index in [-0.39, 0.29) is 29.4 Å². The Morgan fingerprint density at radius 3 is 2.39 bits per heavy atom. The van der Waals surface area contributed by atoms with Gasteiger partial charge in [-0.25, -0.2) is 13.4 Å². The molecule has 3 rings (SSSR count). The van der Waals surface area contributed by atoms with Crippen molar-refractivity contribution in [2.75, 3.05) is 30.3 Å². The highest BCUT2D eigenvalue weighted by Crippen LogP contribution is 2.35. The second kappa shape index (κ2) is 8.77. The molecule has 1 aliphatic heterocycles. The van der Waals surface area contributed by atoms with Crippen molar-refractivity contribution < 1.29 is 21.6 Å². The first-order valence-corrected chi connectivity index (χ1v) is 11.1. The van der Waals surface area contributed by atoms with Crippen LogP contribution in [0.4, 0.5) is 24.7 Å². The zero-order valence-electron chi connectivity index (χ0n) is 17.1. The smallest absolute Gasteiger partial charge is 0.384 e. The van der Waals surface area contributed by atoms with Gasteiger partial charge in [-0.1, -0.05) is 18.1 Å². The molecule has 0 saturated carbocycles. The lowest BCUT2D eigenvalue weighted by atomic mass is 10.00. The average molecular weight is 453 g/mol. The lowest BCUT2D eigenvalue weighted by Crippen LogP contribution is -2.54. The van der Waals surface area contributed by atoms with E-state index in [2.05, 4.69) is 16.8 Å². The molecule has 1 aliphatic rings. The number of nitrogen functional groups attached to an aromatic ring is 1. The summed E-state index contributed by atoms with van der Waals surface area (Å²) in [6.07, 6.45) is -3.09. The van der Waals surface area contributed by atoms with Crippen LogP contribution >= 0.6 is 0 Å². The molecule has 0 radical (unpaired) electrons. The van der Waals surface area contributed by atoms with E-state index < -0.39 is 28.2 Å². The Morgan fingerprint density at radius 2 is 1.84 bits per heavy atom. The number of nitrogens with two attached hydrogens (primary N) is 1. The lowest BCUT2D eigenvalue weighted by molar-refractivity contribution is -0.146. The van der Waals surface area contributed by atoms with Crippen molar-refractivity contribution in [1.29, 1.82) is 0 Å². The van der Waals surface area contributed by atoms with Gasteiger partial charge >= 0.3 is 6.18 Å². The monoisotopic (exact) mass is 452 g/mol. The SMILES string of the molecule is CC#CC1CN(S(=O)(=O)c2ccc(N)nc2)CCN1c1ccc(C(C)C(F)(F)F)cc1. The molecule has 2 N–H and O–H groups in total. The van der Waals surface area contributed by atoms with Gasteiger partial charge in [0.2, 0.25) is 10.0 Å². The van der Waals surface area contributed by atoms with Crippen LogP contribution in [-0.2, 0) is 10.0 Å². The van der Waals surface area contributed by atoms with Crippen molar-refractivity contribution in [2.45, 2.75) is 36.9 Å². The van der Waals surface area contributed by atoms with Gasteiger partial charge < -0.3 is 10.6 Å². The molecule has 0 bridgehead atoms. The number of sulfonamides is 1. The normalized spacial score (nSPS) is 18.9. The number of rotatable bonds is 4. The lowest BCUT2D eigenvalue weighted by Gasteiger charge is -2.40. The third kappa shape index (κ3) is 4.94. The minimum atomic E-state index is -4.31. The first kappa shape index (κ1) is 22.9. The molecular formula is C21H23F3N4O2S. The quantitative estimate of drug-likeness (QED) is 0.721. The standard InChI is InChI=1S/C21H23F3N4O2S/c1-3-4-18-14-27(31(29,30)19-9-10-20(25)26-13-19)11-12-28(18)17-7-5-16(6-8-17)15(2)21(22,23)24/h5-10,13,15,18H,11-12,14H2,1-2H3,(H2,25,26). The topological polar surface area (TPSA) is 79.5 Å². The van der Waals surface area contributed by atoms with Crippen LogP contribution in [0.25, 0.3) is 0 Å². The van der Waals surface area contributed by atoms with Crippen LogP contribution in [0, 0.1) is 11.8 Å². The van der Waals surface area contributed by atoms with Crippen molar-refractivity contribution in [3.05, 3.63) is 48.2 Å². The summed E-state index contributed by atoms with van der Waals surface area (Å²) in [5, 5.41) is 0. The van der Waals surface area contributed by atoms with Gasteiger partial charge in [-0.15, -0.1) is 5.92 Å². The van der Waals surface area contributed by atoms with E-state index in [0.717, 1.165) is 6.92 Å². The molecule has 1 saturated heterocycles. The molecular weight excluding hydrogens is 429 g/mol. The molecule has 1 aromatic carbocycles. The highest BCUT2D eigenvalue weighted by atomic mass is 32.2. The molecule has 6 nitrogen and oxygen atoms in total. The third-order valence-electron chi connectivity index (χ3n) is 5.27. The Labute approximate surface area is 179 Å². The number of alkyl halides is 3. The number of pyridine rings is 1. The summed E-state index contributed by atoms with van der Waals surface area (Å²) in [4.78, 5) is 5.80. The van der Waals surface area contributed by atoms with Crippen molar-refractivity contribution in [2.24, 2.45) is 0 Å². The number of hydrogen-bond donors (Lipinski definition) is 1. The number of hydrogen-bond acceptors (Lipinski definition) is 5. The van der Waals surface area contributed by atoms with E-state index in [1.54, 1.807) is 19.1 Å². The van der Waals surface area contributed by atoms with Gasteiger partial charge in [0.1, 0.15) is 16.8 Å². The summed E-state index contributed by atoms with van der Waals surface area (Å²) in [6.45, 7) is 3.44. The number of benzene rings is 1. The van der Waals surface area contributed by atoms with Crippen LogP contribution in [0.1, 0.15) is 25.3 Å². The maximum atomic E-state index is 13.0. The van der Waals surface area contributed by atoms with Crippen molar-refractivity contribution in [1.82, 2.24) is 9.29 Å². The van der Waals surface area contributed by atoms with Gasteiger partial charge in [0.25, 0.3) is 0 Å². The van der Waals surface area contributed by atoms with Gasteiger partial charge in [0.05, 0.1) is 5.92 Å². The van der Waals surface area contributed by atoms with E-state index >= 15 is 0 Å². The number of anilines is 2. The van der Waals surface area contributed by atoms with Crippen molar-refractivity contribution in [3.8, 4) is 11.8 Å². The van der Waals surface area contributed by atoms with Gasteiger partial charge in [-0.2, -0.15) is 17.5 Å². The highest BCUT2D eigenvalue weighted by molar-refractivity contribution is 7.89.